The predicted octanol–water partition coefficient (Wildman–Crippen LogP) is 4.47. The van der Waals surface area contributed by atoms with E-state index in [0.29, 0.717) is 24.0 Å². The van der Waals surface area contributed by atoms with Crippen LogP contribution in [0.4, 0.5) is 0 Å². The van der Waals surface area contributed by atoms with Gasteiger partial charge in [0.05, 0.1) is 12.2 Å². The van der Waals surface area contributed by atoms with Crippen LogP contribution in [0.2, 0.25) is 0 Å². The summed E-state index contributed by atoms with van der Waals surface area (Å²) < 4.78 is 28.2. The summed E-state index contributed by atoms with van der Waals surface area (Å²) in [6.07, 6.45) is 3.09. The molecule has 1 aliphatic carbocycles. The van der Waals surface area contributed by atoms with Gasteiger partial charge in [0.1, 0.15) is 6.10 Å². The molecule has 37 heavy (non-hydrogen) atoms. The summed E-state index contributed by atoms with van der Waals surface area (Å²) in [7, 11) is 0. The van der Waals surface area contributed by atoms with Gasteiger partial charge in [-0.2, -0.15) is 0 Å². The van der Waals surface area contributed by atoms with Gasteiger partial charge in [0.2, 0.25) is 6.29 Å². The molecule has 0 fully saturated rings. The smallest absolute Gasteiger partial charge is 0.305 e. The number of esters is 4. The molecular formula is C28H38O9. The number of hydrogen-bond acceptors (Lipinski definition) is 9. The summed E-state index contributed by atoms with van der Waals surface area (Å²) >= 11 is 0. The zero-order chi connectivity index (χ0) is 27.9. The number of fused-ring (bicyclic) bond motifs is 1. The highest BCUT2D eigenvalue weighted by Crippen LogP contribution is 2.44. The lowest BCUT2D eigenvalue weighted by molar-refractivity contribution is -0.182. The lowest BCUT2D eigenvalue weighted by atomic mass is 9.74. The Bertz CT molecular complexity index is 999. The summed E-state index contributed by atoms with van der Waals surface area (Å²) in [5.41, 5.74) is 3.08. The van der Waals surface area contributed by atoms with Gasteiger partial charge in [0, 0.05) is 45.6 Å². The maximum absolute atomic E-state index is 12.2. The van der Waals surface area contributed by atoms with Crippen molar-refractivity contribution in [2.45, 2.75) is 92.3 Å². The van der Waals surface area contributed by atoms with E-state index in [1.165, 1.54) is 34.0 Å². The van der Waals surface area contributed by atoms with Crippen LogP contribution < -0.4 is 0 Å². The zero-order valence-electron chi connectivity index (χ0n) is 22.7. The molecule has 2 rings (SSSR count). The van der Waals surface area contributed by atoms with Gasteiger partial charge in [-0.05, 0) is 45.8 Å². The Labute approximate surface area is 218 Å². The standard InChI is InChI=1S/C28H38O9/c1-15(2)11-25(35-19(6)30)27(36-20(7)31)24-14-33-28(37-21(8)32)26-17(4)13-22(34-18(5)29)12-16(3)9-10-23(24)26/h11-12,14,22-23,25-28H,4,9-10,13H2,1-3,5-8H3/b16-12+/t22-,23+,25+,26-,27+,28+/m0/s1. The molecule has 0 unspecified atom stereocenters. The van der Waals surface area contributed by atoms with Gasteiger partial charge in [-0.1, -0.05) is 23.3 Å². The minimum atomic E-state index is -0.983. The quantitative estimate of drug-likeness (QED) is 0.273. The number of hydrogen-bond donors (Lipinski definition) is 0. The molecule has 0 bridgehead atoms. The molecule has 0 saturated carbocycles. The highest BCUT2D eigenvalue weighted by molar-refractivity contribution is 5.68. The normalized spacial score (nSPS) is 26.5. The number of ether oxygens (including phenoxy) is 5. The van der Waals surface area contributed by atoms with Crippen molar-refractivity contribution in [2.75, 3.05) is 0 Å². The van der Waals surface area contributed by atoms with Gasteiger partial charge in [-0.15, -0.1) is 0 Å². The minimum Gasteiger partial charge on any atom is -0.462 e. The molecule has 2 aliphatic rings. The molecule has 0 N–H and O–H groups in total. The third-order valence-corrected chi connectivity index (χ3v) is 6.07. The van der Waals surface area contributed by atoms with Crippen LogP contribution in [0.3, 0.4) is 0 Å². The van der Waals surface area contributed by atoms with E-state index in [1.54, 1.807) is 6.08 Å². The van der Waals surface area contributed by atoms with Gasteiger partial charge in [-0.3, -0.25) is 19.2 Å². The van der Waals surface area contributed by atoms with Crippen LogP contribution in [-0.2, 0) is 42.9 Å². The molecule has 6 atom stereocenters. The number of carbonyl (C=O) groups is 4. The molecule has 204 valence electrons. The Balaban J connectivity index is 2.63. The van der Waals surface area contributed by atoms with Crippen molar-refractivity contribution in [3.05, 3.63) is 47.3 Å². The fraction of sp³-hybridized carbons (Fsp3) is 0.571. The molecule has 0 spiro atoms. The van der Waals surface area contributed by atoms with Crippen molar-refractivity contribution < 1.29 is 42.9 Å². The minimum absolute atomic E-state index is 0.284. The summed E-state index contributed by atoms with van der Waals surface area (Å²) in [6.45, 7) is 15.1. The van der Waals surface area contributed by atoms with Crippen LogP contribution >= 0.6 is 0 Å². The molecule has 0 aromatic rings. The van der Waals surface area contributed by atoms with E-state index in [9.17, 15) is 19.2 Å². The fourth-order valence-electron chi connectivity index (χ4n) is 4.81. The first kappa shape index (κ1) is 29.9. The van der Waals surface area contributed by atoms with E-state index in [1.807, 2.05) is 26.8 Å². The van der Waals surface area contributed by atoms with Gasteiger partial charge >= 0.3 is 23.9 Å². The molecule has 9 heteroatoms. The number of rotatable bonds is 7. The third-order valence-electron chi connectivity index (χ3n) is 6.07. The predicted molar refractivity (Wildman–Crippen MR) is 135 cm³/mol. The second-order valence-corrected chi connectivity index (χ2v) is 9.77. The zero-order valence-corrected chi connectivity index (χ0v) is 22.7. The highest BCUT2D eigenvalue weighted by Gasteiger charge is 2.46. The molecule has 0 aromatic carbocycles. The van der Waals surface area contributed by atoms with Gasteiger partial charge in [-0.25, -0.2) is 0 Å². The van der Waals surface area contributed by atoms with Crippen molar-refractivity contribution in [1.82, 2.24) is 0 Å². The number of allylic oxidation sites excluding steroid dienone is 2. The Hall–Kier alpha value is -3.36. The third kappa shape index (κ3) is 8.91. The summed E-state index contributed by atoms with van der Waals surface area (Å²) in [5.74, 6) is -2.93. The largest absolute Gasteiger partial charge is 0.462 e. The maximum Gasteiger partial charge on any atom is 0.305 e. The fourth-order valence-corrected chi connectivity index (χ4v) is 4.81. The van der Waals surface area contributed by atoms with Crippen molar-refractivity contribution in [3.8, 4) is 0 Å². The van der Waals surface area contributed by atoms with Crippen molar-refractivity contribution in [3.63, 3.8) is 0 Å². The maximum atomic E-state index is 12.2. The van der Waals surface area contributed by atoms with E-state index in [-0.39, 0.29) is 12.3 Å². The van der Waals surface area contributed by atoms with Crippen molar-refractivity contribution in [1.29, 1.82) is 0 Å². The van der Waals surface area contributed by atoms with E-state index >= 15 is 0 Å². The van der Waals surface area contributed by atoms with Crippen LogP contribution in [0, 0.1) is 11.8 Å². The molecule has 1 heterocycles. The van der Waals surface area contributed by atoms with Crippen LogP contribution in [0.15, 0.2) is 47.3 Å². The lowest BCUT2D eigenvalue weighted by Gasteiger charge is -2.41. The average molecular weight is 519 g/mol. The second-order valence-electron chi connectivity index (χ2n) is 9.77. The number of carbonyl (C=O) groups excluding carboxylic acids is 4. The Morgan fingerprint density at radius 1 is 0.973 bits per heavy atom. The first-order chi connectivity index (χ1) is 17.3. The lowest BCUT2D eigenvalue weighted by Crippen LogP contribution is -2.45. The molecule has 0 aromatic heterocycles. The first-order valence-corrected chi connectivity index (χ1v) is 12.3. The van der Waals surface area contributed by atoms with E-state index in [0.717, 1.165) is 11.1 Å². The summed E-state index contributed by atoms with van der Waals surface area (Å²) in [4.78, 5) is 47.8. The summed E-state index contributed by atoms with van der Waals surface area (Å²) in [5, 5.41) is 0. The van der Waals surface area contributed by atoms with E-state index in [4.69, 9.17) is 23.7 Å². The van der Waals surface area contributed by atoms with Gasteiger partial charge < -0.3 is 23.7 Å². The molecular weight excluding hydrogens is 480 g/mol. The van der Waals surface area contributed by atoms with E-state index < -0.39 is 54.4 Å². The van der Waals surface area contributed by atoms with Crippen molar-refractivity contribution >= 4 is 23.9 Å². The van der Waals surface area contributed by atoms with Gasteiger partial charge in [0.25, 0.3) is 0 Å². The highest BCUT2D eigenvalue weighted by atomic mass is 16.7. The van der Waals surface area contributed by atoms with Crippen LogP contribution in [-0.4, -0.2) is 48.5 Å². The summed E-state index contributed by atoms with van der Waals surface area (Å²) in [6, 6.07) is 0. The van der Waals surface area contributed by atoms with Gasteiger partial charge in [0.15, 0.2) is 12.2 Å². The Morgan fingerprint density at radius 2 is 1.59 bits per heavy atom. The first-order valence-electron chi connectivity index (χ1n) is 12.3. The van der Waals surface area contributed by atoms with Crippen molar-refractivity contribution in [2.24, 2.45) is 11.8 Å². The second kappa shape index (κ2) is 13.3. The van der Waals surface area contributed by atoms with Crippen LogP contribution in [0.1, 0.15) is 67.7 Å². The van der Waals surface area contributed by atoms with Crippen LogP contribution in [0.5, 0.6) is 0 Å². The molecule has 1 aliphatic heterocycles. The molecule has 0 amide bonds. The topological polar surface area (TPSA) is 114 Å². The van der Waals surface area contributed by atoms with E-state index in [2.05, 4.69) is 6.58 Å². The Morgan fingerprint density at radius 3 is 2.14 bits per heavy atom. The Kier molecular flexibility index (Phi) is 10.7. The molecule has 0 saturated heterocycles. The average Bonchev–Trinajstić information content (AvgIpc) is 2.79. The monoisotopic (exact) mass is 518 g/mol. The molecule has 0 radical (unpaired) electrons. The van der Waals surface area contributed by atoms with Crippen LogP contribution in [0.25, 0.3) is 0 Å². The molecule has 9 nitrogen and oxygen atoms in total. The SMILES string of the molecule is C=C1C[C@@H](OC(C)=O)/C=C(\C)CC[C@@H]2C([C@@H](OC(C)=O)[C@@H](C=C(C)C)OC(C)=O)=CO[C@H](OC(C)=O)[C@@H]12.